The lowest BCUT2D eigenvalue weighted by Gasteiger charge is -2.12. The predicted molar refractivity (Wildman–Crippen MR) is 104 cm³/mol. The number of anilines is 2. The van der Waals surface area contributed by atoms with E-state index in [0.717, 1.165) is 0 Å². The summed E-state index contributed by atoms with van der Waals surface area (Å²) in [6.07, 6.45) is 0. The summed E-state index contributed by atoms with van der Waals surface area (Å²) in [5.74, 6) is 1.60. The first-order valence-electron chi connectivity index (χ1n) is 8.34. The molecule has 2 heterocycles. The minimum atomic E-state index is -0.497. The van der Waals surface area contributed by atoms with Gasteiger partial charge in [-0.2, -0.15) is 9.78 Å². The molecule has 0 fully saturated rings. The van der Waals surface area contributed by atoms with Crippen LogP contribution in [-0.4, -0.2) is 40.0 Å². The molecule has 0 saturated heterocycles. The summed E-state index contributed by atoms with van der Waals surface area (Å²) < 4.78 is 11.8. The average molecular weight is 384 g/mol. The van der Waals surface area contributed by atoms with Crippen molar-refractivity contribution in [3.8, 4) is 17.4 Å². The summed E-state index contributed by atoms with van der Waals surface area (Å²) in [7, 11) is 3.05. The molecular weight excluding hydrogens is 364 g/mol. The molecule has 0 aliphatic carbocycles. The molecule has 10 heteroatoms. The molecule has 3 rings (SSSR count). The molecule has 2 amide bonds. The van der Waals surface area contributed by atoms with Gasteiger partial charge in [-0.3, -0.25) is 15.1 Å². The van der Waals surface area contributed by atoms with E-state index in [-0.39, 0.29) is 11.5 Å². The first-order valence-corrected chi connectivity index (χ1v) is 8.34. The number of aromatic amines is 1. The highest BCUT2D eigenvalue weighted by Crippen LogP contribution is 2.29. The zero-order valence-electron chi connectivity index (χ0n) is 15.9. The van der Waals surface area contributed by atoms with Crippen LogP contribution in [0.15, 0.2) is 35.1 Å². The number of ether oxygens (including phenoxy) is 2. The Hall–Kier alpha value is -3.82. The maximum atomic E-state index is 12.4. The van der Waals surface area contributed by atoms with Crippen molar-refractivity contribution in [1.29, 1.82) is 0 Å². The molecule has 0 aliphatic rings. The number of urea groups is 1. The molecule has 3 N–H and O–H groups in total. The van der Waals surface area contributed by atoms with Crippen LogP contribution in [-0.2, 0) is 0 Å². The molecule has 2 aromatic heterocycles. The van der Waals surface area contributed by atoms with Crippen LogP contribution in [0.3, 0.4) is 0 Å². The molecule has 10 nitrogen and oxygen atoms in total. The van der Waals surface area contributed by atoms with Crippen molar-refractivity contribution in [3.63, 3.8) is 0 Å². The summed E-state index contributed by atoms with van der Waals surface area (Å²) in [6.45, 7) is 3.47. The number of nitrogens with zero attached hydrogens (tertiary/aromatic N) is 3. The number of methoxy groups -OCH3 is 2. The van der Waals surface area contributed by atoms with Gasteiger partial charge in [0, 0.05) is 29.6 Å². The van der Waals surface area contributed by atoms with Gasteiger partial charge in [-0.25, -0.2) is 9.78 Å². The van der Waals surface area contributed by atoms with Gasteiger partial charge in [0.25, 0.3) is 5.56 Å². The fraction of sp³-hybridized carbons (Fsp3) is 0.222. The number of rotatable bonds is 5. The SMILES string of the molecule is COc1ccc(NC(=O)Nc2cc(C)nn2-c2nc(C)cc(=O)[nH]2)cc1OC. The third-order valence-corrected chi connectivity index (χ3v) is 3.77. The molecule has 1 aromatic carbocycles. The number of benzene rings is 1. The van der Waals surface area contributed by atoms with Gasteiger partial charge in [-0.05, 0) is 26.0 Å². The summed E-state index contributed by atoms with van der Waals surface area (Å²) in [4.78, 5) is 31.0. The highest BCUT2D eigenvalue weighted by atomic mass is 16.5. The molecule has 146 valence electrons. The van der Waals surface area contributed by atoms with Crippen molar-refractivity contribution in [2.45, 2.75) is 13.8 Å². The third kappa shape index (κ3) is 4.11. The van der Waals surface area contributed by atoms with E-state index >= 15 is 0 Å². The van der Waals surface area contributed by atoms with E-state index in [9.17, 15) is 9.59 Å². The van der Waals surface area contributed by atoms with E-state index < -0.39 is 6.03 Å². The van der Waals surface area contributed by atoms with Crippen molar-refractivity contribution in [2.24, 2.45) is 0 Å². The smallest absolute Gasteiger partial charge is 0.324 e. The third-order valence-electron chi connectivity index (χ3n) is 3.77. The fourth-order valence-electron chi connectivity index (χ4n) is 2.61. The van der Waals surface area contributed by atoms with Gasteiger partial charge in [0.15, 0.2) is 11.5 Å². The Labute approximate surface area is 160 Å². The maximum absolute atomic E-state index is 12.4. The van der Waals surface area contributed by atoms with Gasteiger partial charge in [0.05, 0.1) is 19.9 Å². The monoisotopic (exact) mass is 384 g/mol. The number of aryl methyl sites for hydroxylation is 2. The standard InChI is InChI=1S/C18H20N6O4/c1-10-8-16(25)22-17(19-10)24-15(7-11(2)23-24)21-18(26)20-12-5-6-13(27-3)14(9-12)28-4/h5-9H,1-4H3,(H,19,22,25)(H2,20,21,26). The van der Waals surface area contributed by atoms with Crippen molar-refractivity contribution < 1.29 is 14.3 Å². The molecule has 0 bridgehead atoms. The van der Waals surface area contributed by atoms with Gasteiger partial charge < -0.3 is 14.8 Å². The van der Waals surface area contributed by atoms with E-state index in [0.29, 0.717) is 34.4 Å². The normalized spacial score (nSPS) is 10.4. The number of carbonyl (C=O) groups is 1. The van der Waals surface area contributed by atoms with Crippen LogP contribution in [0.25, 0.3) is 5.95 Å². The number of amides is 2. The zero-order valence-corrected chi connectivity index (χ0v) is 15.9. The number of H-pyrrole nitrogens is 1. The number of aromatic nitrogens is 4. The highest BCUT2D eigenvalue weighted by molar-refractivity contribution is 5.99. The van der Waals surface area contributed by atoms with Crippen molar-refractivity contribution >= 4 is 17.5 Å². The van der Waals surface area contributed by atoms with Gasteiger partial charge in [0.1, 0.15) is 5.82 Å². The van der Waals surface area contributed by atoms with Gasteiger partial charge in [0.2, 0.25) is 5.95 Å². The Morgan fingerprint density at radius 3 is 2.46 bits per heavy atom. The highest BCUT2D eigenvalue weighted by Gasteiger charge is 2.14. The lowest BCUT2D eigenvalue weighted by molar-refractivity contribution is 0.262. The second-order valence-corrected chi connectivity index (χ2v) is 5.94. The second-order valence-electron chi connectivity index (χ2n) is 5.94. The molecule has 3 aromatic rings. The van der Waals surface area contributed by atoms with Crippen molar-refractivity contribution in [1.82, 2.24) is 19.7 Å². The largest absolute Gasteiger partial charge is 0.493 e. The molecule has 28 heavy (non-hydrogen) atoms. The maximum Gasteiger partial charge on any atom is 0.324 e. The van der Waals surface area contributed by atoms with Crippen LogP contribution >= 0.6 is 0 Å². The van der Waals surface area contributed by atoms with Crippen LogP contribution in [0, 0.1) is 13.8 Å². The van der Waals surface area contributed by atoms with Crippen molar-refractivity contribution in [2.75, 3.05) is 24.9 Å². The summed E-state index contributed by atoms with van der Waals surface area (Å²) in [5, 5.41) is 9.69. The van der Waals surface area contributed by atoms with Crippen molar-refractivity contribution in [3.05, 3.63) is 52.1 Å². The quantitative estimate of drug-likeness (QED) is 0.620. The zero-order chi connectivity index (χ0) is 20.3. The Balaban J connectivity index is 1.82. The molecule has 0 saturated carbocycles. The summed E-state index contributed by atoms with van der Waals surface area (Å²) in [6, 6.07) is 7.55. The Morgan fingerprint density at radius 2 is 1.79 bits per heavy atom. The molecule has 0 unspecified atom stereocenters. The predicted octanol–water partition coefficient (Wildman–Crippen LogP) is 2.23. The number of hydrogen-bond acceptors (Lipinski definition) is 6. The Bertz CT molecular complexity index is 1070. The average Bonchev–Trinajstić information content (AvgIpc) is 3.00. The van der Waals surface area contributed by atoms with E-state index in [2.05, 4.69) is 25.7 Å². The number of hydrogen-bond donors (Lipinski definition) is 3. The number of carbonyl (C=O) groups excluding carboxylic acids is 1. The van der Waals surface area contributed by atoms with E-state index in [1.807, 2.05) is 0 Å². The lowest BCUT2D eigenvalue weighted by atomic mass is 10.3. The number of nitrogens with one attached hydrogen (secondary N) is 3. The minimum Gasteiger partial charge on any atom is -0.493 e. The Morgan fingerprint density at radius 1 is 1.04 bits per heavy atom. The van der Waals surface area contributed by atoms with E-state index in [4.69, 9.17) is 9.47 Å². The van der Waals surface area contributed by atoms with Crippen LogP contribution < -0.4 is 25.7 Å². The van der Waals surface area contributed by atoms with Gasteiger partial charge >= 0.3 is 6.03 Å². The first-order chi connectivity index (χ1) is 13.4. The summed E-state index contributed by atoms with van der Waals surface area (Å²) in [5.41, 5.74) is 1.38. The van der Waals surface area contributed by atoms with Crippen LogP contribution in [0.2, 0.25) is 0 Å². The Kier molecular flexibility index (Phi) is 5.30. The molecule has 0 atom stereocenters. The molecule has 0 aliphatic heterocycles. The molecule has 0 spiro atoms. The van der Waals surface area contributed by atoms with E-state index in [1.165, 1.54) is 25.0 Å². The van der Waals surface area contributed by atoms with Gasteiger partial charge in [-0.1, -0.05) is 0 Å². The lowest BCUT2D eigenvalue weighted by Crippen LogP contribution is -2.22. The molecular formula is C18H20N6O4. The first kappa shape index (κ1) is 19.0. The van der Waals surface area contributed by atoms with Crippen LogP contribution in [0.5, 0.6) is 11.5 Å². The van der Waals surface area contributed by atoms with Crippen LogP contribution in [0.1, 0.15) is 11.4 Å². The molecule has 0 radical (unpaired) electrons. The van der Waals surface area contributed by atoms with Crippen LogP contribution in [0.4, 0.5) is 16.3 Å². The summed E-state index contributed by atoms with van der Waals surface area (Å²) >= 11 is 0. The minimum absolute atomic E-state index is 0.208. The van der Waals surface area contributed by atoms with E-state index in [1.54, 1.807) is 38.1 Å². The topological polar surface area (TPSA) is 123 Å². The second kappa shape index (κ2) is 7.82. The fourth-order valence-corrected chi connectivity index (χ4v) is 2.61. The van der Waals surface area contributed by atoms with Gasteiger partial charge in [-0.15, -0.1) is 0 Å².